The summed E-state index contributed by atoms with van der Waals surface area (Å²) in [6, 6.07) is 12.8. The quantitative estimate of drug-likeness (QED) is 0.384. The third-order valence-corrected chi connectivity index (χ3v) is 5.40. The van der Waals surface area contributed by atoms with E-state index in [1.807, 2.05) is 23.5 Å². The van der Waals surface area contributed by atoms with Gasteiger partial charge in [-0.3, -0.25) is 9.89 Å². The first kappa shape index (κ1) is 21.1. The van der Waals surface area contributed by atoms with Crippen molar-refractivity contribution in [3.8, 4) is 0 Å². The Bertz CT molecular complexity index is 728. The second-order valence-corrected chi connectivity index (χ2v) is 7.65. The van der Waals surface area contributed by atoms with E-state index < -0.39 is 0 Å². The third kappa shape index (κ3) is 5.94. The molecule has 1 atom stereocenters. The largest absolute Gasteiger partial charge is 0.379 e. The van der Waals surface area contributed by atoms with Crippen molar-refractivity contribution in [2.24, 2.45) is 10.7 Å². The van der Waals surface area contributed by atoms with Crippen molar-refractivity contribution >= 4 is 47.0 Å². The Hall–Kier alpha value is -1.16. The number of hydrogen-bond donors (Lipinski definition) is 2. The number of benzene rings is 1. The number of aliphatic imine (C=N–C) groups is 1. The predicted octanol–water partition coefficient (Wildman–Crippen LogP) is 3.78. The van der Waals surface area contributed by atoms with Gasteiger partial charge in [0, 0.05) is 28.5 Å². The monoisotopic (exact) mass is 486 g/mol. The number of guanidine groups is 1. The van der Waals surface area contributed by atoms with E-state index in [0.29, 0.717) is 12.5 Å². The standard InChI is InChI=1S/C19H26N4OS.HI/c1-14-4-3-5-16(12-14)22-19(20)21-13-17(18-7-6-15(2)25-18)23-8-10-24-11-9-23;/h3-7,12,17H,8-11,13H2,1-2H3,(H3,20,21,22);1H. The summed E-state index contributed by atoms with van der Waals surface area (Å²) in [5, 5.41) is 3.19. The lowest BCUT2D eigenvalue weighted by molar-refractivity contribution is 0.0187. The molecule has 1 unspecified atom stereocenters. The first-order chi connectivity index (χ1) is 12.1. The molecule has 142 valence electrons. The number of thiophene rings is 1. The summed E-state index contributed by atoms with van der Waals surface area (Å²) in [5.41, 5.74) is 8.28. The highest BCUT2D eigenvalue weighted by atomic mass is 127. The van der Waals surface area contributed by atoms with Gasteiger partial charge in [0.05, 0.1) is 25.8 Å². The van der Waals surface area contributed by atoms with Crippen LogP contribution in [0.5, 0.6) is 0 Å². The fraction of sp³-hybridized carbons (Fsp3) is 0.421. The summed E-state index contributed by atoms with van der Waals surface area (Å²) >= 11 is 1.83. The molecule has 3 rings (SSSR count). The zero-order valence-corrected chi connectivity index (χ0v) is 18.4. The Balaban J connectivity index is 0.00000243. The smallest absolute Gasteiger partial charge is 0.193 e. The summed E-state index contributed by atoms with van der Waals surface area (Å²) in [7, 11) is 0. The molecule has 0 saturated carbocycles. The van der Waals surface area contributed by atoms with Crippen molar-refractivity contribution in [3.63, 3.8) is 0 Å². The van der Waals surface area contributed by atoms with E-state index in [2.05, 4.69) is 53.3 Å². The second kappa shape index (κ2) is 10.2. The molecule has 0 aliphatic carbocycles. The highest BCUT2D eigenvalue weighted by molar-refractivity contribution is 14.0. The Morgan fingerprint density at radius 2 is 2.04 bits per heavy atom. The topological polar surface area (TPSA) is 62.9 Å². The minimum Gasteiger partial charge on any atom is -0.379 e. The van der Waals surface area contributed by atoms with Crippen LogP contribution < -0.4 is 11.1 Å². The maximum absolute atomic E-state index is 6.12. The molecule has 0 amide bonds. The number of halogens is 1. The lowest BCUT2D eigenvalue weighted by atomic mass is 10.2. The van der Waals surface area contributed by atoms with Crippen molar-refractivity contribution in [3.05, 3.63) is 51.7 Å². The minimum absolute atomic E-state index is 0. The fourth-order valence-corrected chi connectivity index (χ4v) is 4.01. The van der Waals surface area contributed by atoms with Crippen LogP contribution in [-0.2, 0) is 4.74 Å². The summed E-state index contributed by atoms with van der Waals surface area (Å²) in [6.07, 6.45) is 0. The highest BCUT2D eigenvalue weighted by Gasteiger charge is 2.23. The summed E-state index contributed by atoms with van der Waals surface area (Å²) in [5.74, 6) is 0.456. The lowest BCUT2D eigenvalue weighted by Gasteiger charge is -2.33. The van der Waals surface area contributed by atoms with E-state index in [9.17, 15) is 0 Å². The van der Waals surface area contributed by atoms with E-state index in [-0.39, 0.29) is 30.0 Å². The molecule has 0 bridgehead atoms. The molecule has 2 aromatic rings. The zero-order chi connectivity index (χ0) is 17.6. The number of morpholine rings is 1. The molecular weight excluding hydrogens is 459 g/mol. The molecule has 0 radical (unpaired) electrons. The van der Waals surface area contributed by atoms with E-state index in [1.165, 1.54) is 15.3 Å². The van der Waals surface area contributed by atoms with Crippen molar-refractivity contribution < 1.29 is 4.74 Å². The van der Waals surface area contributed by atoms with E-state index >= 15 is 0 Å². The number of nitrogens with two attached hydrogens (primary N) is 1. The van der Waals surface area contributed by atoms with Gasteiger partial charge in [-0.15, -0.1) is 35.3 Å². The van der Waals surface area contributed by atoms with Crippen molar-refractivity contribution in [1.82, 2.24) is 4.90 Å². The number of anilines is 1. The Morgan fingerprint density at radius 1 is 1.27 bits per heavy atom. The number of aryl methyl sites for hydroxylation is 2. The number of hydrogen-bond acceptors (Lipinski definition) is 4. The molecule has 1 aromatic carbocycles. The number of rotatable bonds is 5. The molecule has 3 N–H and O–H groups in total. The summed E-state index contributed by atoms with van der Waals surface area (Å²) < 4.78 is 5.50. The average molecular weight is 486 g/mol. The summed E-state index contributed by atoms with van der Waals surface area (Å²) in [4.78, 5) is 9.72. The molecule has 1 aliphatic heterocycles. The first-order valence-electron chi connectivity index (χ1n) is 8.63. The molecular formula is C19H27IN4OS. The van der Waals surface area contributed by atoms with Crippen LogP contribution in [0.15, 0.2) is 41.4 Å². The molecule has 2 heterocycles. The maximum atomic E-state index is 6.12. The average Bonchev–Trinajstić information content (AvgIpc) is 3.02. The van der Waals surface area contributed by atoms with Crippen LogP contribution in [0.1, 0.15) is 21.4 Å². The van der Waals surface area contributed by atoms with Gasteiger partial charge in [0.1, 0.15) is 0 Å². The lowest BCUT2D eigenvalue weighted by Crippen LogP contribution is -2.40. The second-order valence-electron chi connectivity index (χ2n) is 6.33. The molecule has 0 spiro atoms. The molecule has 1 fully saturated rings. The number of nitrogens with zero attached hydrogens (tertiary/aromatic N) is 2. The SMILES string of the molecule is Cc1cccc(NC(N)=NCC(c2ccc(C)s2)N2CCOCC2)c1.I. The van der Waals surface area contributed by atoms with Gasteiger partial charge < -0.3 is 15.8 Å². The molecule has 5 nitrogen and oxygen atoms in total. The van der Waals surface area contributed by atoms with Crippen LogP contribution in [0.25, 0.3) is 0 Å². The van der Waals surface area contributed by atoms with Crippen molar-refractivity contribution in [2.75, 3.05) is 38.2 Å². The highest BCUT2D eigenvalue weighted by Crippen LogP contribution is 2.28. The Morgan fingerprint density at radius 3 is 2.69 bits per heavy atom. The van der Waals surface area contributed by atoms with Gasteiger partial charge in [0.25, 0.3) is 0 Å². The van der Waals surface area contributed by atoms with Crippen molar-refractivity contribution in [1.29, 1.82) is 0 Å². The minimum atomic E-state index is 0. The fourth-order valence-electron chi connectivity index (χ4n) is 3.00. The predicted molar refractivity (Wildman–Crippen MR) is 121 cm³/mol. The van der Waals surface area contributed by atoms with Gasteiger partial charge in [-0.2, -0.15) is 0 Å². The number of nitrogens with one attached hydrogen (secondary N) is 1. The van der Waals surface area contributed by atoms with Crippen LogP contribution >= 0.6 is 35.3 Å². The van der Waals surface area contributed by atoms with Gasteiger partial charge in [-0.1, -0.05) is 12.1 Å². The third-order valence-electron chi connectivity index (χ3n) is 4.30. The van der Waals surface area contributed by atoms with Crippen LogP contribution in [0.4, 0.5) is 5.69 Å². The van der Waals surface area contributed by atoms with Crippen molar-refractivity contribution in [2.45, 2.75) is 19.9 Å². The zero-order valence-electron chi connectivity index (χ0n) is 15.3. The molecule has 7 heteroatoms. The van der Waals surface area contributed by atoms with Gasteiger partial charge in [0.15, 0.2) is 5.96 Å². The van der Waals surface area contributed by atoms with Gasteiger partial charge in [-0.05, 0) is 43.7 Å². The Labute approximate surface area is 176 Å². The van der Waals surface area contributed by atoms with E-state index in [1.54, 1.807) is 0 Å². The summed E-state index contributed by atoms with van der Waals surface area (Å²) in [6.45, 7) is 8.27. The molecule has 1 aromatic heterocycles. The van der Waals surface area contributed by atoms with Crippen LogP contribution in [-0.4, -0.2) is 43.7 Å². The molecule has 1 aliphatic rings. The van der Waals surface area contributed by atoms with Gasteiger partial charge in [0.2, 0.25) is 0 Å². The van der Waals surface area contributed by atoms with Crippen LogP contribution in [0, 0.1) is 13.8 Å². The molecule has 26 heavy (non-hydrogen) atoms. The molecule has 1 saturated heterocycles. The van der Waals surface area contributed by atoms with E-state index in [4.69, 9.17) is 10.5 Å². The van der Waals surface area contributed by atoms with Gasteiger partial charge in [-0.25, -0.2) is 0 Å². The van der Waals surface area contributed by atoms with Crippen LogP contribution in [0.2, 0.25) is 0 Å². The normalized spacial score (nSPS) is 16.8. The van der Waals surface area contributed by atoms with Gasteiger partial charge >= 0.3 is 0 Å². The van der Waals surface area contributed by atoms with E-state index in [0.717, 1.165) is 32.0 Å². The van der Waals surface area contributed by atoms with Crippen LogP contribution in [0.3, 0.4) is 0 Å². The first-order valence-corrected chi connectivity index (χ1v) is 9.45. The Kier molecular flexibility index (Phi) is 8.33. The maximum Gasteiger partial charge on any atom is 0.193 e. The number of ether oxygens (including phenoxy) is 1.